The molecule has 1 radical (unpaired) electrons. The van der Waals surface area contributed by atoms with Crippen LogP contribution < -0.4 is 0 Å². The van der Waals surface area contributed by atoms with Gasteiger partial charge in [-0.05, 0) is 71.6 Å². The summed E-state index contributed by atoms with van der Waals surface area (Å²) < 4.78 is 6.44. The van der Waals surface area contributed by atoms with Crippen LogP contribution in [-0.2, 0) is 24.9 Å². The van der Waals surface area contributed by atoms with Crippen LogP contribution in [0.1, 0.15) is 118 Å². The molecular formula is C50H56IrN3O3-. The summed E-state index contributed by atoms with van der Waals surface area (Å²) in [5.41, 5.74) is 7.95. The molecule has 0 spiro atoms. The van der Waals surface area contributed by atoms with Crippen molar-refractivity contribution in [3.05, 3.63) is 114 Å². The molecule has 0 saturated carbocycles. The number of carbonyl (C=O) groups is 1. The van der Waals surface area contributed by atoms with E-state index in [0.717, 1.165) is 75.5 Å². The summed E-state index contributed by atoms with van der Waals surface area (Å²) in [5, 5.41) is 15.5. The van der Waals surface area contributed by atoms with Crippen molar-refractivity contribution >= 4 is 49.5 Å². The Morgan fingerprint density at radius 3 is 2.11 bits per heavy atom. The van der Waals surface area contributed by atoms with Gasteiger partial charge in [0.15, 0.2) is 5.78 Å². The van der Waals surface area contributed by atoms with Gasteiger partial charge in [-0.3, -0.25) is 9.78 Å². The average molecular weight is 939 g/mol. The first-order valence-corrected chi connectivity index (χ1v) is 20.3. The number of ketones is 1. The minimum atomic E-state index is -0.337. The molecule has 0 amide bonds. The van der Waals surface area contributed by atoms with E-state index in [1.54, 1.807) is 6.33 Å². The van der Waals surface area contributed by atoms with Crippen molar-refractivity contribution in [1.29, 1.82) is 0 Å². The van der Waals surface area contributed by atoms with Gasteiger partial charge in [-0.1, -0.05) is 135 Å². The second-order valence-corrected chi connectivity index (χ2v) is 16.2. The SMILES string of the molecule is CC(C)c1cc(C(C)C)c2c(ccc3c(-c4[c-]ccc5c4oc4nc(-c6ccccc6)ccc45)ncnc32)c1.CCC(C)(CC)C(=O)/C=C(\O)C(C)(CC)CC.[Ir]. The summed E-state index contributed by atoms with van der Waals surface area (Å²) in [6.07, 6.45) is 6.42. The number of aliphatic hydroxyl groups excluding tert-OH is 1. The van der Waals surface area contributed by atoms with Crippen molar-refractivity contribution in [3.8, 4) is 22.5 Å². The number of hydrogen-bond acceptors (Lipinski definition) is 6. The molecule has 0 aliphatic carbocycles. The Hall–Kier alpha value is -4.71. The largest absolute Gasteiger partial charge is 0.512 e. The monoisotopic (exact) mass is 939 g/mol. The Kier molecular flexibility index (Phi) is 13.6. The van der Waals surface area contributed by atoms with Crippen LogP contribution in [-0.4, -0.2) is 25.8 Å². The van der Waals surface area contributed by atoms with Crippen molar-refractivity contribution in [2.75, 3.05) is 0 Å². The number of nitrogens with zero attached hydrogens (tertiary/aromatic N) is 3. The molecule has 0 unspecified atom stereocenters. The first-order valence-electron chi connectivity index (χ1n) is 20.3. The van der Waals surface area contributed by atoms with Gasteiger partial charge in [0, 0.05) is 59.0 Å². The molecule has 0 saturated heterocycles. The van der Waals surface area contributed by atoms with Gasteiger partial charge in [-0.25, -0.2) is 9.97 Å². The van der Waals surface area contributed by atoms with E-state index < -0.39 is 0 Å². The van der Waals surface area contributed by atoms with Crippen LogP contribution in [0.25, 0.3) is 66.3 Å². The quantitative estimate of drug-likeness (QED) is 0.0601. The zero-order valence-corrected chi connectivity index (χ0v) is 37.5. The Labute approximate surface area is 351 Å². The molecule has 0 aliphatic heterocycles. The van der Waals surface area contributed by atoms with E-state index in [1.807, 2.05) is 77.9 Å². The van der Waals surface area contributed by atoms with Gasteiger partial charge in [0.05, 0.1) is 16.8 Å². The van der Waals surface area contributed by atoms with Gasteiger partial charge in [-0.2, -0.15) is 0 Å². The van der Waals surface area contributed by atoms with Gasteiger partial charge in [-0.15, -0.1) is 18.2 Å². The van der Waals surface area contributed by atoms with E-state index in [1.165, 1.54) is 28.0 Å². The molecule has 299 valence electrons. The smallest absolute Gasteiger partial charge is 0.216 e. The van der Waals surface area contributed by atoms with Crippen molar-refractivity contribution < 1.29 is 34.4 Å². The molecule has 1 N–H and O–H groups in total. The first-order chi connectivity index (χ1) is 26.8. The van der Waals surface area contributed by atoms with Gasteiger partial charge in [0.25, 0.3) is 0 Å². The maximum absolute atomic E-state index is 12.2. The maximum Gasteiger partial charge on any atom is 0.216 e. The van der Waals surface area contributed by atoms with Crippen molar-refractivity contribution in [2.24, 2.45) is 10.8 Å². The van der Waals surface area contributed by atoms with Gasteiger partial charge < -0.3 is 9.52 Å². The molecule has 57 heavy (non-hydrogen) atoms. The third-order valence-corrected chi connectivity index (χ3v) is 12.3. The van der Waals surface area contributed by atoms with Gasteiger partial charge in [0.1, 0.15) is 12.1 Å². The second kappa shape index (κ2) is 17.8. The predicted molar refractivity (Wildman–Crippen MR) is 233 cm³/mol. The zero-order chi connectivity index (χ0) is 40.4. The minimum absolute atomic E-state index is 0. The fourth-order valence-corrected chi connectivity index (χ4v) is 7.28. The Morgan fingerprint density at radius 2 is 1.47 bits per heavy atom. The average Bonchev–Trinajstić information content (AvgIpc) is 3.61. The second-order valence-electron chi connectivity index (χ2n) is 16.2. The van der Waals surface area contributed by atoms with Gasteiger partial charge >= 0.3 is 0 Å². The standard InChI is InChI=1S/C35H28N3O.C15H28O2.Ir/c1-20(2)24-17-23-13-14-27-32(36-19-37-33(27)31(23)29(18-24)21(3)4)28-12-8-11-25-26-15-16-30(22-9-6-5-7-10-22)38-35(26)39-34(25)28;1-7-14(5,8-2)12(16)11-13(17)15(6,9-3)10-4;/h5-11,13-21H,1-4H3;11,16H,7-10H2,1-6H3;/q-1;;/b;12-11-;. The maximum atomic E-state index is 12.2. The van der Waals surface area contributed by atoms with Crippen LogP contribution >= 0.6 is 0 Å². The molecule has 0 aliphatic rings. The Morgan fingerprint density at radius 1 is 0.807 bits per heavy atom. The van der Waals surface area contributed by atoms with E-state index in [-0.39, 0.29) is 42.5 Å². The number of furan rings is 1. The number of fused-ring (bicyclic) bond motifs is 6. The molecule has 3 aromatic heterocycles. The molecule has 0 bridgehead atoms. The van der Waals surface area contributed by atoms with E-state index in [0.29, 0.717) is 17.5 Å². The normalized spacial score (nSPS) is 12.4. The summed E-state index contributed by atoms with van der Waals surface area (Å²) >= 11 is 0. The predicted octanol–water partition coefficient (Wildman–Crippen LogP) is 14.1. The number of carbonyl (C=O) groups excluding carboxylic acids is 1. The fraction of sp³-hybridized carbons (Fsp3) is 0.360. The van der Waals surface area contributed by atoms with Crippen LogP contribution in [0.15, 0.2) is 101 Å². The third kappa shape index (κ3) is 8.47. The molecule has 4 aromatic carbocycles. The summed E-state index contributed by atoms with van der Waals surface area (Å²) in [4.78, 5) is 26.6. The molecular weight excluding hydrogens is 883 g/mol. The van der Waals surface area contributed by atoms with Crippen molar-refractivity contribution in [3.63, 3.8) is 0 Å². The molecule has 0 fully saturated rings. The summed E-state index contributed by atoms with van der Waals surface area (Å²) in [6, 6.07) is 30.7. The fourth-order valence-electron chi connectivity index (χ4n) is 7.28. The van der Waals surface area contributed by atoms with E-state index in [9.17, 15) is 9.90 Å². The number of rotatable bonds is 11. The Bertz CT molecular complexity index is 2540. The number of benzene rings is 4. The number of pyridine rings is 1. The number of allylic oxidation sites excluding steroid dienone is 2. The van der Waals surface area contributed by atoms with Crippen LogP contribution in [0.5, 0.6) is 0 Å². The number of hydrogen-bond donors (Lipinski definition) is 1. The topological polar surface area (TPSA) is 89.1 Å². The molecule has 7 aromatic rings. The molecule has 6 nitrogen and oxygen atoms in total. The van der Waals surface area contributed by atoms with Crippen LogP contribution in [0.4, 0.5) is 0 Å². The van der Waals surface area contributed by atoms with Crippen LogP contribution in [0.3, 0.4) is 0 Å². The van der Waals surface area contributed by atoms with Crippen molar-refractivity contribution in [1.82, 2.24) is 15.0 Å². The number of aliphatic hydroxyl groups is 1. The summed E-state index contributed by atoms with van der Waals surface area (Å²) in [6.45, 7) is 21.1. The van der Waals surface area contributed by atoms with E-state index >= 15 is 0 Å². The summed E-state index contributed by atoms with van der Waals surface area (Å²) in [5.74, 6) is 1.11. The molecule has 7 heteroatoms. The van der Waals surface area contributed by atoms with E-state index in [2.05, 4.69) is 76.2 Å². The van der Waals surface area contributed by atoms with E-state index in [4.69, 9.17) is 19.4 Å². The third-order valence-electron chi connectivity index (χ3n) is 12.3. The molecule has 7 rings (SSSR count). The van der Waals surface area contributed by atoms with Crippen LogP contribution in [0.2, 0.25) is 0 Å². The first kappa shape index (κ1) is 43.4. The zero-order valence-electron chi connectivity index (χ0n) is 35.1. The molecule has 3 heterocycles. The molecule has 0 atom stereocenters. The van der Waals surface area contributed by atoms with Crippen molar-refractivity contribution in [2.45, 2.75) is 107 Å². The number of aromatic nitrogens is 3. The van der Waals surface area contributed by atoms with Gasteiger partial charge in [0.2, 0.25) is 5.71 Å². The summed E-state index contributed by atoms with van der Waals surface area (Å²) in [7, 11) is 0. The van der Waals surface area contributed by atoms with Crippen LogP contribution in [0, 0.1) is 16.9 Å². The minimum Gasteiger partial charge on any atom is -0.512 e. The Balaban J connectivity index is 0.000000295.